The van der Waals surface area contributed by atoms with Crippen molar-refractivity contribution in [2.45, 2.75) is 13.2 Å². The molecule has 2 rings (SSSR count). The van der Waals surface area contributed by atoms with Gasteiger partial charge in [-0.05, 0) is 27.1 Å². The van der Waals surface area contributed by atoms with Gasteiger partial charge in [0, 0.05) is 11.9 Å². The summed E-state index contributed by atoms with van der Waals surface area (Å²) in [5, 5.41) is 15.0. The second-order valence-corrected chi connectivity index (χ2v) is 4.97. The number of benzene rings is 1. The van der Waals surface area contributed by atoms with Crippen LogP contribution in [0.4, 0.5) is 5.13 Å². The molecule has 1 heterocycles. The molecule has 2 aromatic rings. The van der Waals surface area contributed by atoms with Crippen molar-refractivity contribution in [3.63, 3.8) is 0 Å². The van der Waals surface area contributed by atoms with Crippen LogP contribution >= 0.6 is 27.3 Å². The first kappa shape index (κ1) is 11.6. The number of hydrogen-bond donors (Lipinski definition) is 2. The number of hydrogen-bond acceptors (Lipinski definition) is 4. The number of rotatable bonds is 4. The van der Waals surface area contributed by atoms with Crippen molar-refractivity contribution in [2.24, 2.45) is 0 Å². The Kier molecular flexibility index (Phi) is 3.93. The van der Waals surface area contributed by atoms with Crippen molar-refractivity contribution in [1.82, 2.24) is 4.98 Å². The molecular formula is C11H11BrN2OS. The molecule has 0 saturated carbocycles. The van der Waals surface area contributed by atoms with Crippen LogP contribution in [0.5, 0.6) is 0 Å². The van der Waals surface area contributed by atoms with Crippen molar-refractivity contribution in [3.05, 3.63) is 45.4 Å². The zero-order valence-corrected chi connectivity index (χ0v) is 10.9. The zero-order chi connectivity index (χ0) is 11.4. The Morgan fingerprint density at radius 1 is 1.25 bits per heavy atom. The molecule has 0 amide bonds. The van der Waals surface area contributed by atoms with E-state index in [9.17, 15) is 0 Å². The molecular weight excluding hydrogens is 288 g/mol. The quantitative estimate of drug-likeness (QED) is 0.912. The van der Waals surface area contributed by atoms with Gasteiger partial charge in [0.15, 0.2) is 5.13 Å². The molecule has 0 atom stereocenters. The van der Waals surface area contributed by atoms with E-state index in [1.807, 2.05) is 29.6 Å². The number of nitrogens with one attached hydrogen (secondary N) is 1. The van der Waals surface area contributed by atoms with E-state index in [0.717, 1.165) is 21.8 Å². The van der Waals surface area contributed by atoms with E-state index in [1.54, 1.807) is 11.3 Å². The molecule has 0 spiro atoms. The molecule has 0 radical (unpaired) electrons. The van der Waals surface area contributed by atoms with Gasteiger partial charge in [-0.15, -0.1) is 11.3 Å². The topological polar surface area (TPSA) is 45.1 Å². The first-order chi connectivity index (χ1) is 7.78. The Balaban J connectivity index is 1.94. The number of aliphatic hydroxyl groups is 1. The van der Waals surface area contributed by atoms with Crippen molar-refractivity contribution in [2.75, 3.05) is 5.32 Å². The van der Waals surface area contributed by atoms with E-state index < -0.39 is 0 Å². The molecule has 2 N–H and O–H groups in total. The number of nitrogens with zero attached hydrogens (tertiary/aromatic N) is 1. The number of thiazole rings is 1. The minimum absolute atomic E-state index is 0.0904. The summed E-state index contributed by atoms with van der Waals surface area (Å²) in [5.41, 5.74) is 2.10. The lowest BCUT2D eigenvalue weighted by Crippen LogP contribution is -1.98. The smallest absolute Gasteiger partial charge is 0.184 e. The largest absolute Gasteiger partial charge is 0.392 e. The van der Waals surface area contributed by atoms with Gasteiger partial charge < -0.3 is 10.4 Å². The highest BCUT2D eigenvalue weighted by Gasteiger charge is 1.99. The molecule has 0 saturated heterocycles. The second kappa shape index (κ2) is 5.43. The predicted octanol–water partition coefficient (Wildman–Crippen LogP) is 3.01. The molecule has 0 aliphatic carbocycles. The molecule has 0 aliphatic heterocycles. The Morgan fingerprint density at radius 2 is 1.94 bits per heavy atom. The number of anilines is 1. The summed E-state index contributed by atoms with van der Waals surface area (Å²) in [6.45, 7) is 0.832. The van der Waals surface area contributed by atoms with Crippen LogP contribution in [0.1, 0.15) is 11.1 Å². The molecule has 3 nitrogen and oxygen atoms in total. The lowest BCUT2D eigenvalue weighted by atomic mass is 10.1. The highest BCUT2D eigenvalue weighted by molar-refractivity contribution is 9.10. The lowest BCUT2D eigenvalue weighted by molar-refractivity contribution is 0.282. The monoisotopic (exact) mass is 298 g/mol. The van der Waals surface area contributed by atoms with E-state index in [4.69, 9.17) is 5.11 Å². The van der Waals surface area contributed by atoms with Gasteiger partial charge in [-0.3, -0.25) is 0 Å². The average Bonchev–Trinajstić information content (AvgIpc) is 2.73. The van der Waals surface area contributed by atoms with Crippen molar-refractivity contribution in [3.8, 4) is 0 Å². The molecule has 0 unspecified atom stereocenters. The van der Waals surface area contributed by atoms with Crippen LogP contribution in [0.3, 0.4) is 0 Å². The first-order valence-electron chi connectivity index (χ1n) is 4.81. The van der Waals surface area contributed by atoms with E-state index >= 15 is 0 Å². The Labute approximate surface area is 106 Å². The van der Waals surface area contributed by atoms with Crippen molar-refractivity contribution in [1.29, 1.82) is 0 Å². The molecule has 5 heteroatoms. The van der Waals surface area contributed by atoms with Crippen molar-refractivity contribution < 1.29 is 5.11 Å². The minimum Gasteiger partial charge on any atom is -0.392 e. The van der Waals surface area contributed by atoms with Gasteiger partial charge in [-0.25, -0.2) is 4.98 Å². The summed E-state index contributed by atoms with van der Waals surface area (Å²) in [4.78, 5) is 4.24. The number of aromatic nitrogens is 1. The maximum absolute atomic E-state index is 8.91. The van der Waals surface area contributed by atoms with Crippen LogP contribution in [-0.2, 0) is 13.2 Å². The fourth-order valence-corrected chi connectivity index (χ4v) is 2.42. The van der Waals surface area contributed by atoms with Crippen molar-refractivity contribution >= 4 is 32.4 Å². The first-order valence-corrected chi connectivity index (χ1v) is 6.49. The summed E-state index contributed by atoms with van der Waals surface area (Å²) in [6.07, 6.45) is 0. The fourth-order valence-electron chi connectivity index (χ4n) is 1.28. The zero-order valence-electron chi connectivity index (χ0n) is 8.48. The van der Waals surface area contributed by atoms with Crippen LogP contribution < -0.4 is 5.32 Å². The molecule has 16 heavy (non-hydrogen) atoms. The van der Waals surface area contributed by atoms with E-state index in [2.05, 4.69) is 26.2 Å². The van der Waals surface area contributed by atoms with Gasteiger partial charge in [-0.2, -0.15) is 0 Å². The summed E-state index contributed by atoms with van der Waals surface area (Å²) >= 11 is 4.88. The van der Waals surface area contributed by atoms with Crippen LogP contribution in [0.2, 0.25) is 0 Å². The number of aliphatic hydroxyl groups excluding tert-OH is 1. The predicted molar refractivity (Wildman–Crippen MR) is 69.5 cm³/mol. The van der Waals surface area contributed by atoms with Gasteiger partial charge >= 0.3 is 0 Å². The van der Waals surface area contributed by atoms with Gasteiger partial charge in [0.2, 0.25) is 0 Å². The van der Waals surface area contributed by atoms with Crippen LogP contribution in [0.15, 0.2) is 34.2 Å². The average molecular weight is 299 g/mol. The third-order valence-corrected chi connectivity index (χ3v) is 3.63. The highest BCUT2D eigenvalue weighted by Crippen LogP contribution is 2.20. The second-order valence-electron chi connectivity index (χ2n) is 3.30. The molecule has 0 aliphatic rings. The third kappa shape index (κ3) is 3.04. The standard InChI is InChI=1S/C11H11BrN2OS/c12-10-7-16-11(14-10)13-5-8-1-3-9(6-15)4-2-8/h1-4,7,15H,5-6H2,(H,13,14). The molecule has 1 aromatic carbocycles. The van der Waals surface area contributed by atoms with Gasteiger partial charge in [0.05, 0.1) is 6.61 Å². The maximum atomic E-state index is 8.91. The normalized spacial score (nSPS) is 10.4. The maximum Gasteiger partial charge on any atom is 0.184 e. The van der Waals surface area contributed by atoms with Gasteiger partial charge in [0.1, 0.15) is 4.60 Å². The Bertz CT molecular complexity index is 455. The fraction of sp³-hybridized carbons (Fsp3) is 0.182. The molecule has 0 fully saturated rings. The Morgan fingerprint density at radius 3 is 2.50 bits per heavy atom. The lowest BCUT2D eigenvalue weighted by Gasteiger charge is -2.03. The summed E-state index contributed by atoms with van der Waals surface area (Å²) in [7, 11) is 0. The number of halogens is 1. The van der Waals surface area contributed by atoms with Gasteiger partial charge in [0.25, 0.3) is 0 Å². The summed E-state index contributed by atoms with van der Waals surface area (Å²) < 4.78 is 0.857. The third-order valence-electron chi connectivity index (χ3n) is 2.13. The Hall–Kier alpha value is -0.910. The molecule has 1 aromatic heterocycles. The van der Waals surface area contributed by atoms with E-state index in [1.165, 1.54) is 5.56 Å². The molecule has 0 bridgehead atoms. The van der Waals surface area contributed by atoms with Gasteiger partial charge in [-0.1, -0.05) is 24.3 Å². The highest BCUT2D eigenvalue weighted by atomic mass is 79.9. The minimum atomic E-state index is 0.0904. The summed E-state index contributed by atoms with van der Waals surface area (Å²) in [5.74, 6) is 0. The van der Waals surface area contributed by atoms with E-state index in [-0.39, 0.29) is 6.61 Å². The SMILES string of the molecule is OCc1ccc(CNc2nc(Br)cs2)cc1. The van der Waals surface area contributed by atoms with E-state index in [0.29, 0.717) is 0 Å². The summed E-state index contributed by atoms with van der Waals surface area (Å²) in [6, 6.07) is 7.85. The van der Waals surface area contributed by atoms with Crippen LogP contribution in [0.25, 0.3) is 0 Å². The molecule has 84 valence electrons. The van der Waals surface area contributed by atoms with Crippen LogP contribution in [-0.4, -0.2) is 10.1 Å². The van der Waals surface area contributed by atoms with Crippen LogP contribution in [0, 0.1) is 0 Å².